The first-order valence-electron chi connectivity index (χ1n) is 9.79. The number of hydrogen-bond acceptors (Lipinski definition) is 6. The van der Waals surface area contributed by atoms with E-state index in [2.05, 4.69) is 20.4 Å². The molecular weight excluding hydrogens is 372 g/mol. The molecule has 1 N–H and O–H groups in total. The number of anilines is 1. The van der Waals surface area contributed by atoms with Gasteiger partial charge in [0.1, 0.15) is 30.0 Å². The van der Waals surface area contributed by atoms with Crippen LogP contribution in [0.4, 0.5) is 5.82 Å². The molecule has 0 aliphatic carbocycles. The van der Waals surface area contributed by atoms with Crippen molar-refractivity contribution in [3.05, 3.63) is 52.6 Å². The molecule has 4 rings (SSSR count). The van der Waals surface area contributed by atoms with E-state index in [4.69, 9.17) is 4.74 Å². The zero-order valence-electron chi connectivity index (χ0n) is 16.5. The van der Waals surface area contributed by atoms with Gasteiger partial charge in [0, 0.05) is 31.5 Å². The maximum atomic E-state index is 13.0. The van der Waals surface area contributed by atoms with Gasteiger partial charge in [-0.05, 0) is 36.5 Å². The van der Waals surface area contributed by atoms with Crippen molar-refractivity contribution in [2.24, 2.45) is 0 Å². The first-order valence-corrected chi connectivity index (χ1v) is 9.79. The summed E-state index contributed by atoms with van der Waals surface area (Å²) < 4.78 is 8.56. The highest BCUT2D eigenvalue weighted by Gasteiger charge is 2.21. The molecule has 1 fully saturated rings. The molecule has 0 aromatic carbocycles. The lowest BCUT2D eigenvalue weighted by molar-refractivity contribution is -0.117. The van der Waals surface area contributed by atoms with Gasteiger partial charge in [-0.25, -0.2) is 14.6 Å². The summed E-state index contributed by atoms with van der Waals surface area (Å²) in [6.45, 7) is 5.33. The van der Waals surface area contributed by atoms with Crippen LogP contribution in [0.25, 0.3) is 5.52 Å². The fourth-order valence-electron chi connectivity index (χ4n) is 3.63. The second-order valence-electron chi connectivity index (χ2n) is 7.53. The van der Waals surface area contributed by atoms with Gasteiger partial charge in [0.25, 0.3) is 5.56 Å². The summed E-state index contributed by atoms with van der Waals surface area (Å²) in [6.07, 6.45) is 6.78. The van der Waals surface area contributed by atoms with Crippen LogP contribution in [0, 0.1) is 0 Å². The first kappa shape index (κ1) is 19.3. The smallest absolute Gasteiger partial charge is 0.291 e. The zero-order chi connectivity index (χ0) is 20.4. The van der Waals surface area contributed by atoms with Gasteiger partial charge < -0.3 is 10.1 Å². The lowest BCUT2D eigenvalue weighted by Gasteiger charge is -2.20. The average molecular weight is 396 g/mol. The Morgan fingerprint density at radius 1 is 1.34 bits per heavy atom. The standard InChI is InChI=1S/C20H24N6O3/c1-13(2)19-24-26(11-18(27)23-17-3-6-21-12-22-17)20(28)16-9-15(10-25(16)19)14-4-7-29-8-5-14/h3,6,9-10,12-14H,4-5,7-8,11H2,1-2H3,(H,21,22,23,27). The van der Waals surface area contributed by atoms with Crippen LogP contribution in [0.5, 0.6) is 0 Å². The molecule has 9 heteroatoms. The summed E-state index contributed by atoms with van der Waals surface area (Å²) in [5.74, 6) is 1.22. The van der Waals surface area contributed by atoms with E-state index in [1.165, 1.54) is 17.2 Å². The minimum absolute atomic E-state index is 0.0872. The number of ether oxygens (including phenoxy) is 1. The van der Waals surface area contributed by atoms with Crippen LogP contribution < -0.4 is 10.9 Å². The Kier molecular flexibility index (Phi) is 5.39. The van der Waals surface area contributed by atoms with E-state index < -0.39 is 0 Å². The summed E-state index contributed by atoms with van der Waals surface area (Å²) in [4.78, 5) is 33.2. The number of hydrogen-bond donors (Lipinski definition) is 1. The molecule has 4 heterocycles. The summed E-state index contributed by atoms with van der Waals surface area (Å²) in [7, 11) is 0. The third kappa shape index (κ3) is 4.04. The largest absolute Gasteiger partial charge is 0.381 e. The lowest BCUT2D eigenvalue weighted by atomic mass is 9.94. The third-order valence-corrected chi connectivity index (χ3v) is 5.12. The molecule has 0 radical (unpaired) electrons. The van der Waals surface area contributed by atoms with Crippen LogP contribution in [0.2, 0.25) is 0 Å². The minimum Gasteiger partial charge on any atom is -0.381 e. The van der Waals surface area contributed by atoms with E-state index in [1.807, 2.05) is 30.5 Å². The quantitative estimate of drug-likeness (QED) is 0.707. The molecule has 29 heavy (non-hydrogen) atoms. The molecule has 1 aliphatic rings. The SMILES string of the molecule is CC(C)c1nn(CC(=O)Nc2ccncn2)c(=O)c2cc(C3CCOCC3)cn12. The van der Waals surface area contributed by atoms with Crippen LogP contribution >= 0.6 is 0 Å². The Bertz CT molecular complexity index is 1070. The molecule has 3 aromatic heterocycles. The molecule has 1 amide bonds. The summed E-state index contributed by atoms with van der Waals surface area (Å²) in [5.41, 5.74) is 1.38. The highest BCUT2D eigenvalue weighted by atomic mass is 16.5. The van der Waals surface area contributed by atoms with Gasteiger partial charge in [0.15, 0.2) is 0 Å². The molecule has 0 saturated carbocycles. The molecule has 0 atom stereocenters. The Morgan fingerprint density at radius 3 is 2.83 bits per heavy atom. The average Bonchev–Trinajstić information content (AvgIpc) is 3.17. The molecule has 3 aromatic rings. The van der Waals surface area contributed by atoms with Crippen molar-refractivity contribution < 1.29 is 9.53 Å². The van der Waals surface area contributed by atoms with E-state index >= 15 is 0 Å². The second kappa shape index (κ2) is 8.12. The highest BCUT2D eigenvalue weighted by Crippen LogP contribution is 2.28. The molecule has 152 valence electrons. The van der Waals surface area contributed by atoms with Gasteiger partial charge in [-0.2, -0.15) is 5.10 Å². The fourth-order valence-corrected chi connectivity index (χ4v) is 3.63. The Hall–Kier alpha value is -3.07. The summed E-state index contributed by atoms with van der Waals surface area (Å²) in [5, 5.41) is 7.15. The van der Waals surface area contributed by atoms with Crippen LogP contribution in [0.3, 0.4) is 0 Å². The number of carbonyl (C=O) groups excluding carboxylic acids is 1. The van der Waals surface area contributed by atoms with E-state index in [0.29, 0.717) is 17.3 Å². The fraction of sp³-hybridized carbons (Fsp3) is 0.450. The van der Waals surface area contributed by atoms with Crippen molar-refractivity contribution in [1.82, 2.24) is 24.1 Å². The predicted molar refractivity (Wildman–Crippen MR) is 107 cm³/mol. The Morgan fingerprint density at radius 2 is 2.14 bits per heavy atom. The van der Waals surface area contributed by atoms with Gasteiger partial charge in [0.2, 0.25) is 5.91 Å². The normalized spacial score (nSPS) is 15.1. The molecule has 0 unspecified atom stereocenters. The second-order valence-corrected chi connectivity index (χ2v) is 7.53. The number of rotatable bonds is 5. The molecular formula is C20H24N6O3. The van der Waals surface area contributed by atoms with Crippen LogP contribution in [0.15, 0.2) is 35.6 Å². The van der Waals surface area contributed by atoms with E-state index in [0.717, 1.165) is 37.4 Å². The number of aromatic nitrogens is 5. The van der Waals surface area contributed by atoms with Gasteiger partial charge in [-0.1, -0.05) is 13.8 Å². The van der Waals surface area contributed by atoms with Crippen molar-refractivity contribution >= 4 is 17.2 Å². The van der Waals surface area contributed by atoms with Crippen molar-refractivity contribution in [1.29, 1.82) is 0 Å². The van der Waals surface area contributed by atoms with Gasteiger partial charge in [0.05, 0.1) is 0 Å². The van der Waals surface area contributed by atoms with E-state index in [-0.39, 0.29) is 23.9 Å². The topological polar surface area (TPSA) is 103 Å². The summed E-state index contributed by atoms with van der Waals surface area (Å²) >= 11 is 0. The maximum absolute atomic E-state index is 13.0. The van der Waals surface area contributed by atoms with E-state index in [1.54, 1.807) is 6.07 Å². The Labute approximate surface area is 167 Å². The molecule has 1 aliphatic heterocycles. The lowest BCUT2D eigenvalue weighted by Crippen LogP contribution is -2.32. The monoisotopic (exact) mass is 396 g/mol. The molecule has 0 spiro atoms. The van der Waals surface area contributed by atoms with Gasteiger partial charge in [-0.15, -0.1) is 0 Å². The van der Waals surface area contributed by atoms with Crippen molar-refractivity contribution in [3.8, 4) is 0 Å². The van der Waals surface area contributed by atoms with Crippen molar-refractivity contribution in [3.63, 3.8) is 0 Å². The molecule has 0 bridgehead atoms. The third-order valence-electron chi connectivity index (χ3n) is 5.12. The van der Waals surface area contributed by atoms with E-state index in [9.17, 15) is 9.59 Å². The number of amides is 1. The van der Waals surface area contributed by atoms with Gasteiger partial charge >= 0.3 is 0 Å². The number of fused-ring (bicyclic) bond motifs is 1. The first-order chi connectivity index (χ1) is 14.0. The zero-order valence-corrected chi connectivity index (χ0v) is 16.5. The Balaban J connectivity index is 1.68. The molecule has 9 nitrogen and oxygen atoms in total. The number of nitrogens with one attached hydrogen (secondary N) is 1. The van der Waals surface area contributed by atoms with Crippen LogP contribution in [-0.4, -0.2) is 43.3 Å². The minimum atomic E-state index is -0.367. The number of carbonyl (C=O) groups is 1. The molecule has 1 saturated heterocycles. The van der Waals surface area contributed by atoms with Crippen molar-refractivity contribution in [2.75, 3.05) is 18.5 Å². The van der Waals surface area contributed by atoms with Crippen molar-refractivity contribution in [2.45, 2.75) is 45.1 Å². The highest BCUT2D eigenvalue weighted by molar-refractivity contribution is 5.89. The van der Waals surface area contributed by atoms with Gasteiger partial charge in [-0.3, -0.25) is 14.0 Å². The predicted octanol–water partition coefficient (Wildman–Crippen LogP) is 1.94. The number of nitrogens with zero attached hydrogens (tertiary/aromatic N) is 5. The summed E-state index contributed by atoms with van der Waals surface area (Å²) in [6, 6.07) is 3.52. The van der Waals surface area contributed by atoms with Crippen LogP contribution in [0.1, 0.15) is 49.9 Å². The van der Waals surface area contributed by atoms with Crippen LogP contribution in [-0.2, 0) is 16.1 Å². The maximum Gasteiger partial charge on any atom is 0.291 e.